The van der Waals surface area contributed by atoms with Gasteiger partial charge in [-0.1, -0.05) is 13.8 Å². The van der Waals surface area contributed by atoms with Gasteiger partial charge >= 0.3 is 0 Å². The molecule has 0 unspecified atom stereocenters. The van der Waals surface area contributed by atoms with Gasteiger partial charge in [0.15, 0.2) is 0 Å². The lowest BCUT2D eigenvalue weighted by Crippen LogP contribution is -2.40. The Bertz CT molecular complexity index is 313. The topological polar surface area (TPSA) is 73.1 Å². The monoisotopic (exact) mass is 224 g/mol. The van der Waals surface area contributed by atoms with E-state index in [0.29, 0.717) is 12.0 Å². The molecule has 2 heterocycles. The van der Waals surface area contributed by atoms with E-state index in [0.717, 1.165) is 24.9 Å². The minimum Gasteiger partial charge on any atom is -0.377 e. The van der Waals surface area contributed by atoms with Crippen LogP contribution in [0.4, 0.5) is 5.82 Å². The van der Waals surface area contributed by atoms with E-state index >= 15 is 0 Å². The molecule has 0 saturated carbocycles. The Morgan fingerprint density at radius 1 is 1.44 bits per heavy atom. The highest BCUT2D eigenvalue weighted by atomic mass is 16.5. The second-order valence-corrected chi connectivity index (χ2v) is 3.83. The lowest BCUT2D eigenvalue weighted by Gasteiger charge is -2.27. The first kappa shape index (κ1) is 12.9. The maximum atomic E-state index is 5.08. The Kier molecular flexibility index (Phi) is 5.14. The smallest absolute Gasteiger partial charge is 0.133 e. The number of nitrogens with two attached hydrogens (primary N) is 1. The van der Waals surface area contributed by atoms with Gasteiger partial charge in [0.05, 0.1) is 19.3 Å². The van der Waals surface area contributed by atoms with Crippen LogP contribution < -0.4 is 11.1 Å². The molecule has 0 bridgehead atoms. The van der Waals surface area contributed by atoms with Crippen molar-refractivity contribution < 1.29 is 4.74 Å². The molecule has 0 amide bonds. The fourth-order valence-corrected chi connectivity index (χ4v) is 1.26. The second-order valence-electron chi connectivity index (χ2n) is 3.83. The predicted molar refractivity (Wildman–Crippen MR) is 64.5 cm³/mol. The third-order valence-electron chi connectivity index (χ3n) is 2.18. The maximum absolute atomic E-state index is 5.08. The Balaban J connectivity index is 0.000000606. The summed E-state index contributed by atoms with van der Waals surface area (Å²) in [6, 6.07) is 2.31. The van der Waals surface area contributed by atoms with Crippen molar-refractivity contribution in [3.8, 4) is 0 Å². The first-order valence-electron chi connectivity index (χ1n) is 5.50. The summed E-state index contributed by atoms with van der Waals surface area (Å²) < 4.78 is 5.08. The number of rotatable bonds is 3. The van der Waals surface area contributed by atoms with E-state index in [9.17, 15) is 0 Å². The van der Waals surface area contributed by atoms with Crippen molar-refractivity contribution in [1.29, 1.82) is 0 Å². The molecule has 1 aliphatic heterocycles. The van der Waals surface area contributed by atoms with E-state index in [1.54, 1.807) is 6.20 Å². The second kappa shape index (κ2) is 6.40. The molecule has 1 aliphatic rings. The van der Waals surface area contributed by atoms with Gasteiger partial charge in [-0.05, 0) is 13.1 Å². The lowest BCUT2D eigenvalue weighted by molar-refractivity contribution is 0.0209. The highest BCUT2D eigenvalue weighted by Crippen LogP contribution is 2.13. The van der Waals surface area contributed by atoms with Crippen molar-refractivity contribution in [2.24, 2.45) is 5.73 Å². The SMILES string of the molecule is CC(C)c1nccc(NC2COC2)n1.CN. The molecule has 1 aromatic heterocycles. The highest BCUT2D eigenvalue weighted by molar-refractivity contribution is 5.35. The quantitative estimate of drug-likeness (QED) is 0.801. The lowest BCUT2D eigenvalue weighted by atomic mass is 10.2. The van der Waals surface area contributed by atoms with Gasteiger partial charge in [0.1, 0.15) is 11.6 Å². The third kappa shape index (κ3) is 3.43. The molecule has 90 valence electrons. The fourth-order valence-electron chi connectivity index (χ4n) is 1.26. The Labute approximate surface area is 96.4 Å². The van der Waals surface area contributed by atoms with Gasteiger partial charge in [-0.15, -0.1) is 0 Å². The molecule has 3 N–H and O–H groups in total. The van der Waals surface area contributed by atoms with Crippen LogP contribution in [-0.2, 0) is 4.74 Å². The summed E-state index contributed by atoms with van der Waals surface area (Å²) in [6.45, 7) is 5.74. The average molecular weight is 224 g/mol. The molecule has 2 rings (SSSR count). The summed E-state index contributed by atoms with van der Waals surface area (Å²) in [5.74, 6) is 2.15. The van der Waals surface area contributed by atoms with Crippen LogP contribution >= 0.6 is 0 Å². The molecular formula is C11H20N4O. The molecule has 16 heavy (non-hydrogen) atoms. The molecule has 0 spiro atoms. The van der Waals surface area contributed by atoms with Crippen LogP contribution in [-0.4, -0.2) is 36.3 Å². The van der Waals surface area contributed by atoms with Crippen LogP contribution in [0.1, 0.15) is 25.6 Å². The van der Waals surface area contributed by atoms with Gasteiger partial charge in [0, 0.05) is 12.1 Å². The molecule has 5 heteroatoms. The van der Waals surface area contributed by atoms with E-state index in [1.807, 2.05) is 6.07 Å². The minimum absolute atomic E-state index is 0.370. The van der Waals surface area contributed by atoms with Crippen LogP contribution in [0, 0.1) is 0 Å². The van der Waals surface area contributed by atoms with Crippen LogP contribution in [0.15, 0.2) is 12.3 Å². The number of ether oxygens (including phenoxy) is 1. The number of nitrogens with zero attached hydrogens (tertiary/aromatic N) is 2. The fraction of sp³-hybridized carbons (Fsp3) is 0.636. The number of nitrogens with one attached hydrogen (secondary N) is 1. The van der Waals surface area contributed by atoms with Crippen molar-refractivity contribution in [1.82, 2.24) is 9.97 Å². The molecule has 1 fully saturated rings. The normalized spacial score (nSPS) is 15.1. The van der Waals surface area contributed by atoms with Crippen LogP contribution in [0.25, 0.3) is 0 Å². The highest BCUT2D eigenvalue weighted by Gasteiger charge is 2.18. The van der Waals surface area contributed by atoms with Crippen LogP contribution in [0.3, 0.4) is 0 Å². The summed E-state index contributed by atoms with van der Waals surface area (Å²) in [7, 11) is 1.50. The van der Waals surface area contributed by atoms with Crippen LogP contribution in [0.5, 0.6) is 0 Å². The van der Waals surface area contributed by atoms with Crippen molar-refractivity contribution in [3.05, 3.63) is 18.1 Å². The molecule has 1 aromatic rings. The Morgan fingerprint density at radius 3 is 2.62 bits per heavy atom. The summed E-state index contributed by atoms with van der Waals surface area (Å²) in [5.41, 5.74) is 4.50. The van der Waals surface area contributed by atoms with Crippen molar-refractivity contribution in [2.75, 3.05) is 25.6 Å². The molecule has 0 aromatic carbocycles. The summed E-state index contributed by atoms with van der Waals surface area (Å²) in [4.78, 5) is 8.62. The van der Waals surface area contributed by atoms with Gasteiger partial charge in [0.25, 0.3) is 0 Å². The molecule has 5 nitrogen and oxygen atoms in total. The Hall–Kier alpha value is -1.20. The molecule has 1 saturated heterocycles. The van der Waals surface area contributed by atoms with E-state index in [2.05, 4.69) is 34.9 Å². The summed E-state index contributed by atoms with van der Waals surface area (Å²) in [6.07, 6.45) is 1.80. The van der Waals surface area contributed by atoms with Crippen molar-refractivity contribution >= 4 is 5.82 Å². The van der Waals surface area contributed by atoms with E-state index in [4.69, 9.17) is 4.74 Å². The van der Waals surface area contributed by atoms with Crippen LogP contribution in [0.2, 0.25) is 0 Å². The molecule has 0 radical (unpaired) electrons. The molecule has 0 atom stereocenters. The predicted octanol–water partition coefficient (Wildman–Crippen LogP) is 0.986. The zero-order valence-electron chi connectivity index (χ0n) is 10.1. The first-order chi connectivity index (χ1) is 7.75. The van der Waals surface area contributed by atoms with E-state index < -0.39 is 0 Å². The standard InChI is InChI=1S/C10H15N3O.CH5N/c1-7(2)10-11-4-3-9(13-10)12-8-5-14-6-8;1-2/h3-4,7-8H,5-6H2,1-2H3,(H,11,12,13);2H2,1H3. The Morgan fingerprint density at radius 2 is 2.12 bits per heavy atom. The van der Waals surface area contributed by atoms with Crippen molar-refractivity contribution in [3.63, 3.8) is 0 Å². The van der Waals surface area contributed by atoms with Gasteiger partial charge in [-0.3, -0.25) is 0 Å². The van der Waals surface area contributed by atoms with E-state index in [1.165, 1.54) is 7.05 Å². The largest absolute Gasteiger partial charge is 0.377 e. The van der Waals surface area contributed by atoms with E-state index in [-0.39, 0.29) is 0 Å². The third-order valence-corrected chi connectivity index (χ3v) is 2.18. The van der Waals surface area contributed by atoms with Gasteiger partial charge in [0.2, 0.25) is 0 Å². The zero-order chi connectivity index (χ0) is 12.0. The minimum atomic E-state index is 0.370. The van der Waals surface area contributed by atoms with Crippen molar-refractivity contribution in [2.45, 2.75) is 25.8 Å². The zero-order valence-corrected chi connectivity index (χ0v) is 10.1. The summed E-state index contributed by atoms with van der Waals surface area (Å²) in [5, 5.41) is 3.30. The van der Waals surface area contributed by atoms with Gasteiger partial charge in [-0.2, -0.15) is 0 Å². The number of hydrogen-bond acceptors (Lipinski definition) is 5. The first-order valence-corrected chi connectivity index (χ1v) is 5.50. The molecule has 0 aliphatic carbocycles. The maximum Gasteiger partial charge on any atom is 0.133 e. The van der Waals surface area contributed by atoms with Gasteiger partial charge < -0.3 is 15.8 Å². The number of hydrogen-bond donors (Lipinski definition) is 2. The van der Waals surface area contributed by atoms with Gasteiger partial charge in [-0.25, -0.2) is 9.97 Å². The molecular weight excluding hydrogens is 204 g/mol. The summed E-state index contributed by atoms with van der Waals surface area (Å²) >= 11 is 0. The number of anilines is 1. The number of aromatic nitrogens is 2. The average Bonchev–Trinajstić information content (AvgIpc) is 2.27.